The lowest BCUT2D eigenvalue weighted by molar-refractivity contribution is 0.177. The molecule has 1 N–H and O–H groups in total. The summed E-state index contributed by atoms with van der Waals surface area (Å²) in [4.78, 5) is 18.1. The highest BCUT2D eigenvalue weighted by Crippen LogP contribution is 2.15. The first-order valence-electron chi connectivity index (χ1n) is 4.42. The third kappa shape index (κ3) is 2.13. The van der Waals surface area contributed by atoms with E-state index in [4.69, 9.17) is 9.15 Å². The van der Waals surface area contributed by atoms with Crippen LogP contribution in [0, 0.1) is 0 Å². The lowest BCUT2D eigenvalue weighted by Crippen LogP contribution is -2.11. The lowest BCUT2D eigenvalue weighted by atomic mass is 10.3. The molecule has 2 aromatic rings. The number of ether oxygens (including phenoxy) is 1. The first-order valence-corrected chi connectivity index (χ1v) is 4.42. The molecule has 5 heteroatoms. The van der Waals surface area contributed by atoms with Crippen LogP contribution in [0.1, 0.15) is 5.82 Å². The number of hydrogen-bond acceptors (Lipinski definition) is 4. The van der Waals surface area contributed by atoms with E-state index >= 15 is 0 Å². The van der Waals surface area contributed by atoms with Gasteiger partial charge in [-0.1, -0.05) is 0 Å². The van der Waals surface area contributed by atoms with Crippen molar-refractivity contribution in [2.75, 3.05) is 7.11 Å². The van der Waals surface area contributed by atoms with E-state index in [1.807, 2.05) is 0 Å². The van der Waals surface area contributed by atoms with Crippen molar-refractivity contribution in [3.63, 3.8) is 0 Å². The summed E-state index contributed by atoms with van der Waals surface area (Å²) < 4.78 is 10.0. The fraction of sp³-hybridized carbons (Fsp3) is 0.200. The van der Waals surface area contributed by atoms with Crippen LogP contribution in [0.15, 0.2) is 33.7 Å². The zero-order valence-electron chi connectivity index (χ0n) is 8.19. The number of H-pyrrole nitrogens is 1. The predicted molar refractivity (Wildman–Crippen MR) is 53.3 cm³/mol. The molecule has 0 bridgehead atoms. The Bertz CT molecular complexity index is 488. The summed E-state index contributed by atoms with van der Waals surface area (Å²) in [5, 5.41) is 0. The third-order valence-corrected chi connectivity index (χ3v) is 1.85. The molecule has 0 saturated heterocycles. The van der Waals surface area contributed by atoms with Crippen molar-refractivity contribution in [3.05, 3.63) is 40.6 Å². The van der Waals surface area contributed by atoms with Crippen LogP contribution in [-0.2, 0) is 11.3 Å². The van der Waals surface area contributed by atoms with E-state index in [1.165, 1.54) is 12.3 Å². The smallest absolute Gasteiger partial charge is 0.251 e. The Balaban J connectivity index is 2.44. The maximum absolute atomic E-state index is 11.3. The molecule has 0 amide bonds. The van der Waals surface area contributed by atoms with Crippen LogP contribution in [0.25, 0.3) is 11.5 Å². The second kappa shape index (κ2) is 4.10. The van der Waals surface area contributed by atoms with E-state index in [0.717, 1.165) is 0 Å². The number of nitrogens with zero attached hydrogens (tertiary/aromatic N) is 1. The molecule has 0 radical (unpaired) electrons. The van der Waals surface area contributed by atoms with Crippen LogP contribution < -0.4 is 5.56 Å². The average molecular weight is 206 g/mol. The van der Waals surface area contributed by atoms with Crippen molar-refractivity contribution < 1.29 is 9.15 Å². The van der Waals surface area contributed by atoms with Gasteiger partial charge >= 0.3 is 0 Å². The third-order valence-electron chi connectivity index (χ3n) is 1.85. The van der Waals surface area contributed by atoms with Gasteiger partial charge in [0, 0.05) is 13.2 Å². The predicted octanol–water partition coefficient (Wildman–Crippen LogP) is 1.18. The summed E-state index contributed by atoms with van der Waals surface area (Å²) in [5.41, 5.74) is 0.291. The van der Waals surface area contributed by atoms with Gasteiger partial charge in [0.2, 0.25) is 0 Å². The van der Waals surface area contributed by atoms with Gasteiger partial charge in [0.15, 0.2) is 5.76 Å². The number of aromatic nitrogens is 2. The minimum absolute atomic E-state index is 0.219. The molecule has 2 aromatic heterocycles. The summed E-state index contributed by atoms with van der Waals surface area (Å²) >= 11 is 0. The highest BCUT2D eigenvalue weighted by Gasteiger charge is 2.05. The van der Waals surface area contributed by atoms with Crippen molar-refractivity contribution in [1.82, 2.24) is 9.97 Å². The van der Waals surface area contributed by atoms with Crippen molar-refractivity contribution >= 4 is 0 Å². The van der Waals surface area contributed by atoms with Crippen LogP contribution >= 0.6 is 0 Å². The van der Waals surface area contributed by atoms with Crippen LogP contribution in [0.4, 0.5) is 0 Å². The van der Waals surface area contributed by atoms with Gasteiger partial charge in [-0.2, -0.15) is 0 Å². The van der Waals surface area contributed by atoms with Crippen molar-refractivity contribution in [2.45, 2.75) is 6.61 Å². The summed E-state index contributed by atoms with van der Waals surface area (Å²) in [7, 11) is 1.54. The number of rotatable bonds is 3. The fourth-order valence-electron chi connectivity index (χ4n) is 1.26. The molecule has 0 spiro atoms. The Morgan fingerprint density at radius 1 is 1.60 bits per heavy atom. The molecule has 2 rings (SSSR count). The molecule has 0 unspecified atom stereocenters. The van der Waals surface area contributed by atoms with Crippen LogP contribution in [0.2, 0.25) is 0 Å². The summed E-state index contributed by atoms with van der Waals surface area (Å²) in [5.74, 6) is 1.05. The summed E-state index contributed by atoms with van der Waals surface area (Å²) in [6.45, 7) is 0.268. The fourth-order valence-corrected chi connectivity index (χ4v) is 1.26. The lowest BCUT2D eigenvalue weighted by Gasteiger charge is -2.00. The Kier molecular flexibility index (Phi) is 2.64. The normalized spacial score (nSPS) is 10.5. The highest BCUT2D eigenvalue weighted by atomic mass is 16.5. The molecule has 0 aliphatic heterocycles. The van der Waals surface area contributed by atoms with Gasteiger partial charge in [0.1, 0.15) is 18.1 Å². The topological polar surface area (TPSA) is 68.1 Å². The second-order valence-corrected chi connectivity index (χ2v) is 2.99. The zero-order valence-corrected chi connectivity index (χ0v) is 8.19. The number of furan rings is 1. The van der Waals surface area contributed by atoms with Crippen LogP contribution in [0.3, 0.4) is 0 Å². The zero-order chi connectivity index (χ0) is 10.7. The van der Waals surface area contributed by atoms with Gasteiger partial charge in [0.25, 0.3) is 5.56 Å². The Morgan fingerprint density at radius 3 is 3.13 bits per heavy atom. The minimum Gasteiger partial charge on any atom is -0.463 e. The summed E-state index contributed by atoms with van der Waals surface area (Å²) in [6.07, 6.45) is 1.54. The Morgan fingerprint density at radius 2 is 2.47 bits per heavy atom. The van der Waals surface area contributed by atoms with Crippen LogP contribution in [-0.4, -0.2) is 17.1 Å². The van der Waals surface area contributed by atoms with Gasteiger partial charge in [-0.3, -0.25) is 4.79 Å². The van der Waals surface area contributed by atoms with Crippen molar-refractivity contribution in [1.29, 1.82) is 0 Å². The van der Waals surface area contributed by atoms with Gasteiger partial charge in [-0.05, 0) is 12.1 Å². The van der Waals surface area contributed by atoms with E-state index in [9.17, 15) is 4.79 Å². The average Bonchev–Trinajstić information content (AvgIpc) is 2.70. The number of aromatic amines is 1. The minimum atomic E-state index is -0.219. The number of nitrogens with one attached hydrogen (secondary N) is 1. The highest BCUT2D eigenvalue weighted by molar-refractivity contribution is 5.50. The second-order valence-electron chi connectivity index (χ2n) is 2.99. The molecule has 2 heterocycles. The molecule has 5 nitrogen and oxygen atoms in total. The SMILES string of the molecule is COCc1nc(-c2ccco2)cc(=O)[nH]1. The van der Waals surface area contributed by atoms with Crippen LogP contribution in [0.5, 0.6) is 0 Å². The molecule has 15 heavy (non-hydrogen) atoms. The molecule has 0 atom stereocenters. The maximum Gasteiger partial charge on any atom is 0.251 e. The largest absolute Gasteiger partial charge is 0.463 e. The van der Waals surface area contributed by atoms with E-state index in [2.05, 4.69) is 9.97 Å². The van der Waals surface area contributed by atoms with Gasteiger partial charge in [0.05, 0.1) is 6.26 Å². The molecular weight excluding hydrogens is 196 g/mol. The quantitative estimate of drug-likeness (QED) is 0.818. The first-order chi connectivity index (χ1) is 7.29. The van der Waals surface area contributed by atoms with Gasteiger partial charge in [-0.25, -0.2) is 4.98 Å². The monoisotopic (exact) mass is 206 g/mol. The number of hydrogen-bond donors (Lipinski definition) is 1. The Labute approximate surface area is 85.7 Å². The molecular formula is C10H10N2O3. The van der Waals surface area contributed by atoms with Gasteiger partial charge in [-0.15, -0.1) is 0 Å². The van der Waals surface area contributed by atoms with Crippen molar-refractivity contribution in [2.24, 2.45) is 0 Å². The molecule has 0 fully saturated rings. The summed E-state index contributed by atoms with van der Waals surface area (Å²) in [6, 6.07) is 4.88. The molecule has 0 aliphatic carbocycles. The standard InChI is InChI=1S/C10H10N2O3/c1-14-6-9-11-7(5-10(13)12-9)8-3-2-4-15-8/h2-5H,6H2,1H3,(H,11,12,13). The number of methoxy groups -OCH3 is 1. The van der Waals surface area contributed by atoms with E-state index in [-0.39, 0.29) is 12.2 Å². The Hall–Kier alpha value is -1.88. The molecule has 0 aromatic carbocycles. The molecule has 78 valence electrons. The molecule has 0 saturated carbocycles. The van der Waals surface area contributed by atoms with E-state index in [1.54, 1.807) is 19.2 Å². The van der Waals surface area contributed by atoms with Crippen molar-refractivity contribution in [3.8, 4) is 11.5 Å². The van der Waals surface area contributed by atoms with Gasteiger partial charge < -0.3 is 14.1 Å². The van der Waals surface area contributed by atoms with E-state index < -0.39 is 0 Å². The molecule has 0 aliphatic rings. The maximum atomic E-state index is 11.3. The first kappa shape index (κ1) is 9.67. The van der Waals surface area contributed by atoms with E-state index in [0.29, 0.717) is 17.3 Å².